The first kappa shape index (κ1) is 18.6. The second-order valence-electron chi connectivity index (χ2n) is 7.54. The Labute approximate surface area is 158 Å². The van der Waals surface area contributed by atoms with E-state index in [0.29, 0.717) is 13.1 Å². The van der Waals surface area contributed by atoms with E-state index >= 15 is 0 Å². The molecule has 1 aliphatic heterocycles. The summed E-state index contributed by atoms with van der Waals surface area (Å²) in [5, 5.41) is 2.90. The summed E-state index contributed by atoms with van der Waals surface area (Å²) in [6.45, 7) is 3.50. The number of H-pyrrole nitrogens is 1. The molecule has 10 heteroatoms. The monoisotopic (exact) mass is 394 g/mol. The lowest BCUT2D eigenvalue weighted by atomic mass is 9.91. The molecule has 2 atom stereocenters. The van der Waals surface area contributed by atoms with Crippen molar-refractivity contribution in [1.82, 2.24) is 29.7 Å². The number of amides is 2. The number of carbonyl (C=O) groups is 1. The molecule has 3 aromatic heterocycles. The van der Waals surface area contributed by atoms with Gasteiger partial charge in [0, 0.05) is 30.6 Å². The smallest absolute Gasteiger partial charge is 0.346 e. The van der Waals surface area contributed by atoms with Gasteiger partial charge in [-0.15, -0.1) is 0 Å². The summed E-state index contributed by atoms with van der Waals surface area (Å²) in [5.74, 6) is 0.336. The fourth-order valence-corrected chi connectivity index (χ4v) is 4.00. The lowest BCUT2D eigenvalue weighted by Gasteiger charge is -2.23. The minimum absolute atomic E-state index is 0.0814. The highest BCUT2D eigenvalue weighted by molar-refractivity contribution is 6.01. The predicted octanol–water partition coefficient (Wildman–Crippen LogP) is 3.31. The first-order valence-electron chi connectivity index (χ1n) is 9.13. The lowest BCUT2D eigenvalue weighted by Crippen LogP contribution is -2.43. The number of pyridine rings is 1. The highest BCUT2D eigenvalue weighted by atomic mass is 19.4. The number of nitrogens with one attached hydrogen (secondary N) is 2. The number of alkyl halides is 3. The van der Waals surface area contributed by atoms with Crippen molar-refractivity contribution in [3.05, 3.63) is 24.8 Å². The zero-order chi connectivity index (χ0) is 20.1. The van der Waals surface area contributed by atoms with Crippen LogP contribution in [0.5, 0.6) is 0 Å². The molecule has 150 valence electrons. The van der Waals surface area contributed by atoms with Crippen molar-refractivity contribution in [3.63, 3.8) is 0 Å². The molecule has 0 aromatic carbocycles. The van der Waals surface area contributed by atoms with Crippen molar-refractivity contribution in [2.45, 2.75) is 26.1 Å². The van der Waals surface area contributed by atoms with Crippen molar-refractivity contribution < 1.29 is 18.0 Å². The third kappa shape index (κ3) is 3.27. The van der Waals surface area contributed by atoms with E-state index in [1.54, 1.807) is 18.7 Å². The highest BCUT2D eigenvalue weighted by Crippen LogP contribution is 2.36. The third-order valence-electron chi connectivity index (χ3n) is 5.39. The number of aromatic nitrogens is 4. The fraction of sp³-hybridized carbons (Fsp3) is 0.500. The van der Waals surface area contributed by atoms with Crippen LogP contribution in [-0.4, -0.2) is 56.3 Å². The topological polar surface area (TPSA) is 78.8 Å². The summed E-state index contributed by atoms with van der Waals surface area (Å²) in [6, 6.07) is 1.15. The van der Waals surface area contributed by atoms with Crippen LogP contribution in [0.15, 0.2) is 24.8 Å². The van der Waals surface area contributed by atoms with Crippen molar-refractivity contribution in [3.8, 4) is 0 Å². The van der Waals surface area contributed by atoms with Crippen LogP contribution in [0, 0.1) is 11.8 Å². The summed E-state index contributed by atoms with van der Waals surface area (Å²) < 4.78 is 39.4. The predicted molar refractivity (Wildman–Crippen MR) is 97.8 cm³/mol. The molecule has 1 fully saturated rings. The molecular formula is C18H21F3N6O. The van der Waals surface area contributed by atoms with Crippen LogP contribution in [0.3, 0.4) is 0 Å². The number of urea groups is 1. The molecule has 0 saturated carbocycles. The average Bonchev–Trinajstić information content (AvgIpc) is 3.33. The summed E-state index contributed by atoms with van der Waals surface area (Å²) in [5.41, 5.74) is 2.40. The highest BCUT2D eigenvalue weighted by Gasteiger charge is 2.39. The summed E-state index contributed by atoms with van der Waals surface area (Å²) in [7, 11) is 0. The number of fused-ring (bicyclic) bond motifs is 3. The van der Waals surface area contributed by atoms with Gasteiger partial charge in [0.1, 0.15) is 17.7 Å². The van der Waals surface area contributed by atoms with Gasteiger partial charge in [-0.3, -0.25) is 0 Å². The molecule has 28 heavy (non-hydrogen) atoms. The third-order valence-corrected chi connectivity index (χ3v) is 5.39. The van der Waals surface area contributed by atoms with Crippen LogP contribution in [0.25, 0.3) is 22.1 Å². The van der Waals surface area contributed by atoms with Gasteiger partial charge >= 0.3 is 12.2 Å². The Morgan fingerprint density at radius 2 is 2.14 bits per heavy atom. The van der Waals surface area contributed by atoms with Gasteiger partial charge < -0.3 is 19.8 Å². The molecule has 2 amide bonds. The Morgan fingerprint density at radius 3 is 2.86 bits per heavy atom. The maximum absolute atomic E-state index is 12.4. The Morgan fingerprint density at radius 1 is 1.36 bits per heavy atom. The number of aromatic amines is 1. The number of imidazole rings is 1. The number of carbonyl (C=O) groups excluding carboxylic acids is 1. The first-order chi connectivity index (χ1) is 13.2. The minimum atomic E-state index is -4.43. The maximum Gasteiger partial charge on any atom is 0.405 e. The van der Waals surface area contributed by atoms with Gasteiger partial charge in [-0.1, -0.05) is 13.8 Å². The molecule has 0 aliphatic carbocycles. The molecule has 2 N–H and O–H groups in total. The second kappa shape index (κ2) is 6.68. The van der Waals surface area contributed by atoms with E-state index in [9.17, 15) is 18.0 Å². The molecule has 4 rings (SSSR count). The van der Waals surface area contributed by atoms with Gasteiger partial charge in [0.2, 0.25) is 0 Å². The van der Waals surface area contributed by atoms with Crippen molar-refractivity contribution in [2.24, 2.45) is 11.8 Å². The van der Waals surface area contributed by atoms with Gasteiger partial charge in [-0.05, 0) is 12.0 Å². The molecule has 0 unspecified atom stereocenters. The van der Waals surface area contributed by atoms with Crippen LogP contribution >= 0.6 is 0 Å². The molecule has 1 aliphatic rings. The van der Waals surface area contributed by atoms with E-state index in [4.69, 9.17) is 0 Å². The minimum Gasteiger partial charge on any atom is -0.346 e. The lowest BCUT2D eigenvalue weighted by molar-refractivity contribution is -0.123. The maximum atomic E-state index is 12.4. The zero-order valence-corrected chi connectivity index (χ0v) is 15.5. The molecule has 7 nitrogen and oxygen atoms in total. The van der Waals surface area contributed by atoms with Gasteiger partial charge in [0.05, 0.1) is 24.1 Å². The molecule has 0 radical (unpaired) electrons. The van der Waals surface area contributed by atoms with Crippen molar-refractivity contribution in [2.75, 3.05) is 19.6 Å². The Balaban J connectivity index is 1.66. The van der Waals surface area contributed by atoms with Gasteiger partial charge in [-0.2, -0.15) is 13.2 Å². The van der Waals surface area contributed by atoms with Crippen molar-refractivity contribution >= 4 is 28.1 Å². The van der Waals surface area contributed by atoms with E-state index in [1.807, 2.05) is 16.0 Å². The summed E-state index contributed by atoms with van der Waals surface area (Å²) >= 11 is 0. The number of hydrogen-bond acceptors (Lipinski definition) is 3. The number of hydrogen-bond donors (Lipinski definition) is 2. The Kier molecular flexibility index (Phi) is 4.43. The first-order valence-corrected chi connectivity index (χ1v) is 9.13. The van der Waals surface area contributed by atoms with E-state index < -0.39 is 18.8 Å². The van der Waals surface area contributed by atoms with Gasteiger partial charge in [0.15, 0.2) is 0 Å². The van der Waals surface area contributed by atoms with E-state index in [2.05, 4.69) is 28.8 Å². The van der Waals surface area contributed by atoms with E-state index in [0.717, 1.165) is 22.1 Å². The van der Waals surface area contributed by atoms with Crippen LogP contribution in [0.2, 0.25) is 0 Å². The summed E-state index contributed by atoms with van der Waals surface area (Å²) in [4.78, 5) is 25.6. The average molecular weight is 394 g/mol. The number of halogens is 3. The molecule has 0 spiro atoms. The van der Waals surface area contributed by atoms with Crippen LogP contribution < -0.4 is 5.32 Å². The quantitative estimate of drug-likeness (QED) is 0.715. The molecule has 0 bridgehead atoms. The zero-order valence-electron chi connectivity index (χ0n) is 15.5. The SMILES string of the molecule is CC(C)[C@@H]1CN(C(=O)NCC(F)(F)F)C[C@@H]1n1cnc2cnc3[nH]ccc3c21. The second-order valence-corrected chi connectivity index (χ2v) is 7.54. The Bertz CT molecular complexity index is 1010. The number of rotatable bonds is 3. The molecule has 3 aromatic rings. The van der Waals surface area contributed by atoms with Crippen molar-refractivity contribution in [1.29, 1.82) is 0 Å². The fourth-order valence-electron chi connectivity index (χ4n) is 4.00. The van der Waals surface area contributed by atoms with E-state index in [1.165, 1.54) is 4.90 Å². The van der Waals surface area contributed by atoms with Crippen LogP contribution in [0.1, 0.15) is 19.9 Å². The number of likely N-dealkylation sites (tertiary alicyclic amines) is 1. The summed E-state index contributed by atoms with van der Waals surface area (Å²) in [6.07, 6.45) is 0.799. The molecule has 4 heterocycles. The van der Waals surface area contributed by atoms with Gasteiger partial charge in [-0.25, -0.2) is 14.8 Å². The number of nitrogens with zero attached hydrogens (tertiary/aromatic N) is 4. The normalized spacial score (nSPS) is 20.6. The Hall–Kier alpha value is -2.78. The van der Waals surface area contributed by atoms with Crippen LogP contribution in [0.4, 0.5) is 18.0 Å². The standard InChI is InChI=1S/C18H21F3N6O/c1-10(2)12-6-26(17(28)24-8-18(19,20)21)7-14(12)27-9-25-13-5-23-16-11(15(13)27)3-4-22-16/h3-5,9-10,12,14H,6-8H2,1-2H3,(H,22,23)(H,24,28)/t12-,14-/m0/s1. The van der Waals surface area contributed by atoms with Crippen LogP contribution in [-0.2, 0) is 0 Å². The van der Waals surface area contributed by atoms with E-state index in [-0.39, 0.29) is 17.9 Å². The molecular weight excluding hydrogens is 373 g/mol. The van der Waals surface area contributed by atoms with Gasteiger partial charge in [0.25, 0.3) is 0 Å². The largest absolute Gasteiger partial charge is 0.405 e. The molecule has 1 saturated heterocycles.